The van der Waals surface area contributed by atoms with Crippen LogP contribution in [-0.4, -0.2) is 27.2 Å². The van der Waals surface area contributed by atoms with Gasteiger partial charge in [0.25, 0.3) is 5.91 Å². The number of hydrogen-bond donors (Lipinski definition) is 3. The first kappa shape index (κ1) is 17.5. The highest BCUT2D eigenvalue weighted by molar-refractivity contribution is 6.09. The Morgan fingerprint density at radius 2 is 1.79 bits per heavy atom. The number of fused-ring (bicyclic) bond motifs is 1. The van der Waals surface area contributed by atoms with Crippen LogP contribution in [0.5, 0.6) is 5.88 Å². The molecule has 1 fully saturated rings. The molecule has 3 N–H and O–H groups in total. The standard InChI is InChI=1S/C20H13F2N3O3/c21-14-4-1-12(2-5-14)7-8-20(18(27)23-19(28)24-20)11-25-10-13-3-6-15(22)9-16(13)17(25)26/h1-6,9-10,26H,11H2,(H2,23,24,27,28)/t20-/m1/s1. The first-order chi connectivity index (χ1) is 13.4. The van der Waals surface area contributed by atoms with E-state index in [1.165, 1.54) is 53.2 Å². The molecule has 6 nitrogen and oxygen atoms in total. The molecule has 3 aromatic rings. The second-order valence-corrected chi connectivity index (χ2v) is 6.38. The van der Waals surface area contributed by atoms with Gasteiger partial charge in [-0.2, -0.15) is 0 Å². The van der Waals surface area contributed by atoms with Crippen LogP contribution in [0.1, 0.15) is 5.56 Å². The van der Waals surface area contributed by atoms with Crippen molar-refractivity contribution in [2.75, 3.05) is 0 Å². The van der Waals surface area contributed by atoms with Gasteiger partial charge in [-0.25, -0.2) is 13.6 Å². The number of carbonyl (C=O) groups is 2. The van der Waals surface area contributed by atoms with E-state index in [-0.39, 0.29) is 17.8 Å². The Morgan fingerprint density at radius 3 is 2.46 bits per heavy atom. The van der Waals surface area contributed by atoms with Crippen molar-refractivity contribution in [1.82, 2.24) is 15.2 Å². The number of halogens is 2. The number of nitrogens with zero attached hydrogens (tertiary/aromatic N) is 1. The smallest absolute Gasteiger partial charge is 0.323 e. The van der Waals surface area contributed by atoms with E-state index in [9.17, 15) is 23.5 Å². The first-order valence-electron chi connectivity index (χ1n) is 8.26. The molecule has 4 rings (SSSR count). The summed E-state index contributed by atoms with van der Waals surface area (Å²) in [5, 5.41) is 15.9. The molecule has 1 saturated heterocycles. The molecule has 140 valence electrons. The van der Waals surface area contributed by atoms with Crippen molar-refractivity contribution < 1.29 is 23.5 Å². The van der Waals surface area contributed by atoms with E-state index in [4.69, 9.17) is 0 Å². The van der Waals surface area contributed by atoms with Crippen LogP contribution in [0.3, 0.4) is 0 Å². The number of benzene rings is 2. The van der Waals surface area contributed by atoms with Crippen LogP contribution in [0, 0.1) is 23.5 Å². The summed E-state index contributed by atoms with van der Waals surface area (Å²) in [4.78, 5) is 24.2. The van der Waals surface area contributed by atoms with Crippen molar-refractivity contribution >= 4 is 22.7 Å². The Morgan fingerprint density at radius 1 is 1.07 bits per heavy atom. The molecule has 2 aromatic carbocycles. The van der Waals surface area contributed by atoms with Gasteiger partial charge in [0.2, 0.25) is 5.54 Å². The third kappa shape index (κ3) is 3.03. The van der Waals surface area contributed by atoms with Gasteiger partial charge in [0.15, 0.2) is 5.88 Å². The minimum atomic E-state index is -1.66. The van der Waals surface area contributed by atoms with Gasteiger partial charge in [0, 0.05) is 22.5 Å². The minimum absolute atomic E-state index is 0.207. The molecule has 0 bridgehead atoms. The maximum Gasteiger partial charge on any atom is 0.323 e. The molecule has 1 aliphatic rings. The molecule has 1 atom stereocenters. The Hall–Kier alpha value is -3.86. The normalized spacial score (nSPS) is 18.5. The second kappa shape index (κ2) is 6.39. The average Bonchev–Trinajstić information content (AvgIpc) is 3.11. The molecule has 0 saturated carbocycles. The van der Waals surface area contributed by atoms with E-state index in [1.54, 1.807) is 0 Å². The van der Waals surface area contributed by atoms with E-state index >= 15 is 0 Å². The number of nitrogens with one attached hydrogen (secondary N) is 2. The largest absolute Gasteiger partial charge is 0.494 e. The zero-order valence-electron chi connectivity index (χ0n) is 14.3. The van der Waals surface area contributed by atoms with Gasteiger partial charge in [0.1, 0.15) is 11.6 Å². The van der Waals surface area contributed by atoms with E-state index < -0.39 is 29.1 Å². The predicted octanol–water partition coefficient (Wildman–Crippen LogP) is 2.26. The number of carbonyl (C=O) groups excluding carboxylic acids is 2. The average molecular weight is 381 g/mol. The van der Waals surface area contributed by atoms with E-state index in [2.05, 4.69) is 22.5 Å². The zero-order valence-corrected chi connectivity index (χ0v) is 14.3. The number of amides is 3. The van der Waals surface area contributed by atoms with Gasteiger partial charge in [-0.05, 0) is 42.5 Å². The summed E-state index contributed by atoms with van der Waals surface area (Å²) in [7, 11) is 0. The summed E-state index contributed by atoms with van der Waals surface area (Å²) >= 11 is 0. The Kier molecular flexibility index (Phi) is 4.00. The van der Waals surface area contributed by atoms with Gasteiger partial charge < -0.3 is 15.0 Å². The third-order valence-electron chi connectivity index (χ3n) is 4.44. The number of rotatable bonds is 2. The van der Waals surface area contributed by atoms with Crippen LogP contribution >= 0.6 is 0 Å². The lowest BCUT2D eigenvalue weighted by Gasteiger charge is -2.20. The first-order valence-corrected chi connectivity index (χ1v) is 8.26. The van der Waals surface area contributed by atoms with Gasteiger partial charge in [-0.3, -0.25) is 10.1 Å². The predicted molar refractivity (Wildman–Crippen MR) is 96.2 cm³/mol. The SMILES string of the molecule is O=C1NC(=O)[C@@](C#Cc2ccc(F)cc2)(Cn2cc3ccc(F)cc3c2O)N1. The molecule has 0 aliphatic carbocycles. The van der Waals surface area contributed by atoms with Crippen LogP contribution in [0.25, 0.3) is 10.8 Å². The van der Waals surface area contributed by atoms with Crippen molar-refractivity contribution in [3.05, 3.63) is 65.9 Å². The van der Waals surface area contributed by atoms with Crippen LogP contribution < -0.4 is 10.6 Å². The quantitative estimate of drug-likeness (QED) is 0.470. The van der Waals surface area contributed by atoms with Crippen LogP contribution in [0.4, 0.5) is 13.6 Å². The molecule has 0 spiro atoms. The lowest BCUT2D eigenvalue weighted by atomic mass is 10.00. The molecular weight excluding hydrogens is 368 g/mol. The number of urea groups is 1. The van der Waals surface area contributed by atoms with Crippen molar-refractivity contribution in [3.8, 4) is 17.7 Å². The lowest BCUT2D eigenvalue weighted by Crippen LogP contribution is -2.49. The van der Waals surface area contributed by atoms with Gasteiger partial charge in [0.05, 0.1) is 6.54 Å². The zero-order chi connectivity index (χ0) is 19.9. The van der Waals surface area contributed by atoms with E-state index in [0.717, 1.165) is 0 Å². The Balaban J connectivity index is 1.76. The fraction of sp³-hybridized carbons (Fsp3) is 0.100. The highest BCUT2D eigenvalue weighted by atomic mass is 19.1. The van der Waals surface area contributed by atoms with Gasteiger partial charge in [-0.15, -0.1) is 0 Å². The summed E-state index contributed by atoms with van der Waals surface area (Å²) in [5.74, 6) is 3.58. The van der Waals surface area contributed by atoms with E-state index in [0.29, 0.717) is 10.9 Å². The van der Waals surface area contributed by atoms with Crippen molar-refractivity contribution in [3.63, 3.8) is 0 Å². The van der Waals surface area contributed by atoms with E-state index in [1.807, 2.05) is 0 Å². The summed E-state index contributed by atoms with van der Waals surface area (Å²) < 4.78 is 27.8. The number of aromatic hydroxyl groups is 1. The molecule has 28 heavy (non-hydrogen) atoms. The molecule has 2 heterocycles. The van der Waals surface area contributed by atoms with Crippen LogP contribution in [-0.2, 0) is 11.3 Å². The second-order valence-electron chi connectivity index (χ2n) is 6.38. The van der Waals surface area contributed by atoms with Crippen molar-refractivity contribution in [2.24, 2.45) is 0 Å². The van der Waals surface area contributed by atoms with Crippen LogP contribution in [0.15, 0.2) is 48.7 Å². The molecule has 0 unspecified atom stereocenters. The summed E-state index contributed by atoms with van der Waals surface area (Å²) in [5.41, 5.74) is -1.21. The fourth-order valence-electron chi connectivity index (χ4n) is 3.04. The maximum absolute atomic E-state index is 13.5. The summed E-state index contributed by atoms with van der Waals surface area (Å²) in [6.45, 7) is -0.207. The molecule has 3 amide bonds. The maximum atomic E-state index is 13.5. The molecule has 1 aromatic heterocycles. The van der Waals surface area contributed by atoms with Gasteiger partial charge in [-0.1, -0.05) is 11.8 Å². The Labute approximate surface area is 157 Å². The van der Waals surface area contributed by atoms with Gasteiger partial charge >= 0.3 is 6.03 Å². The number of hydrogen-bond acceptors (Lipinski definition) is 3. The lowest BCUT2D eigenvalue weighted by molar-refractivity contribution is -0.122. The summed E-state index contributed by atoms with van der Waals surface area (Å²) in [6, 6.07) is 8.52. The number of aromatic nitrogens is 1. The van der Waals surface area contributed by atoms with Crippen molar-refractivity contribution in [2.45, 2.75) is 12.1 Å². The highest BCUT2D eigenvalue weighted by Crippen LogP contribution is 2.29. The number of imide groups is 1. The Bertz CT molecular complexity index is 1180. The fourth-order valence-corrected chi connectivity index (χ4v) is 3.04. The van der Waals surface area contributed by atoms with Crippen molar-refractivity contribution in [1.29, 1.82) is 0 Å². The molecular formula is C20H13F2N3O3. The molecule has 0 radical (unpaired) electrons. The summed E-state index contributed by atoms with van der Waals surface area (Å²) in [6.07, 6.45) is 1.53. The molecule has 8 heteroatoms. The topological polar surface area (TPSA) is 83.4 Å². The monoisotopic (exact) mass is 381 g/mol. The highest BCUT2D eigenvalue weighted by Gasteiger charge is 2.46. The molecule has 1 aliphatic heterocycles. The van der Waals surface area contributed by atoms with Crippen LogP contribution in [0.2, 0.25) is 0 Å². The third-order valence-corrected chi connectivity index (χ3v) is 4.44. The minimum Gasteiger partial charge on any atom is -0.494 e.